The molecule has 9 nitrogen and oxygen atoms in total. The molecule has 0 spiro atoms. The minimum Gasteiger partial charge on any atom is -0.545 e. The van der Waals surface area contributed by atoms with E-state index in [1.165, 1.54) is 36.4 Å². The largest absolute Gasteiger partial charge is 3.00 e. The van der Waals surface area contributed by atoms with Gasteiger partial charge in [0.05, 0.1) is 17.9 Å². The van der Waals surface area contributed by atoms with Crippen LogP contribution >= 0.6 is 0 Å². The van der Waals surface area contributed by atoms with Crippen molar-refractivity contribution in [1.29, 1.82) is 0 Å². The number of aromatic carboxylic acids is 3. The Bertz CT molecular complexity index is 911. The van der Waals surface area contributed by atoms with E-state index in [1.807, 2.05) is 0 Å². The van der Waals surface area contributed by atoms with Crippen LogP contribution in [0.15, 0.2) is 72.8 Å². The van der Waals surface area contributed by atoms with E-state index in [2.05, 4.69) is 0 Å². The number of benzene rings is 3. The fraction of sp³-hybridized carbons (Fsp3) is 0. The van der Waals surface area contributed by atoms with Gasteiger partial charge in [-0.2, -0.15) is 0 Å². The van der Waals surface area contributed by atoms with E-state index < -0.39 is 17.9 Å². The first kappa shape index (κ1) is 27.4. The summed E-state index contributed by atoms with van der Waals surface area (Å²) in [4.78, 5) is 30.7. The molecule has 0 saturated heterocycles. The van der Waals surface area contributed by atoms with E-state index in [1.54, 1.807) is 36.4 Å². The fourth-order valence-electron chi connectivity index (χ4n) is 2.05. The van der Waals surface area contributed by atoms with Crippen LogP contribution in [0.25, 0.3) is 0 Å². The summed E-state index contributed by atoms with van der Waals surface area (Å²) in [6.07, 6.45) is 0. The molecule has 2 radical (unpaired) electrons. The number of rotatable bonds is 3. The number of nitrogen functional groups attached to an aromatic ring is 3. The van der Waals surface area contributed by atoms with Crippen LogP contribution in [0.1, 0.15) is 31.1 Å². The molecule has 0 saturated carbocycles. The summed E-state index contributed by atoms with van der Waals surface area (Å²) in [5.74, 6) is -3.71. The van der Waals surface area contributed by atoms with Crippen molar-refractivity contribution in [3.05, 3.63) is 89.5 Å². The number of carbonyl (C=O) groups is 3. The molecular weight excluding hydrogens is 599 g/mol. The van der Waals surface area contributed by atoms with Gasteiger partial charge in [-0.3, -0.25) is 0 Å². The Labute approximate surface area is 197 Å². The molecule has 10 heteroatoms. The second-order valence-corrected chi connectivity index (χ2v) is 5.62. The summed E-state index contributed by atoms with van der Waals surface area (Å²) in [6.45, 7) is 0. The van der Waals surface area contributed by atoms with Crippen molar-refractivity contribution in [3.63, 3.8) is 0 Å². The molecule has 0 fully saturated rings. The van der Waals surface area contributed by atoms with Crippen LogP contribution in [0.2, 0.25) is 0 Å². The Morgan fingerprint density at radius 3 is 0.806 bits per heavy atom. The first-order chi connectivity index (χ1) is 14.1. The van der Waals surface area contributed by atoms with E-state index in [4.69, 9.17) is 17.2 Å². The van der Waals surface area contributed by atoms with Crippen LogP contribution in [0.4, 0.5) is 17.1 Å². The second-order valence-electron chi connectivity index (χ2n) is 5.62. The molecule has 0 heterocycles. The number of carbonyl (C=O) groups excluding carboxylic acids is 3. The van der Waals surface area contributed by atoms with Gasteiger partial charge >= 0.3 is 26.2 Å². The van der Waals surface area contributed by atoms with Crippen LogP contribution in [-0.2, 0) is 0 Å². The maximum atomic E-state index is 10.2. The third-order valence-electron chi connectivity index (χ3n) is 3.54. The first-order valence-corrected chi connectivity index (χ1v) is 8.32. The van der Waals surface area contributed by atoms with Crippen LogP contribution in [0.5, 0.6) is 0 Å². The first-order valence-electron chi connectivity index (χ1n) is 8.32. The summed E-state index contributed by atoms with van der Waals surface area (Å²) in [5, 5.41) is 30.7. The van der Waals surface area contributed by atoms with E-state index in [-0.39, 0.29) is 60.0 Å². The van der Waals surface area contributed by atoms with E-state index >= 15 is 0 Å². The third-order valence-corrected chi connectivity index (χ3v) is 3.54. The summed E-state index contributed by atoms with van der Waals surface area (Å²) in [7, 11) is 0. The molecule has 0 aliphatic heterocycles. The number of anilines is 3. The van der Waals surface area contributed by atoms with Gasteiger partial charge in [0.2, 0.25) is 0 Å². The third kappa shape index (κ3) is 9.14. The Morgan fingerprint density at radius 1 is 0.484 bits per heavy atom. The summed E-state index contributed by atoms with van der Waals surface area (Å²) in [5.41, 5.74) is 16.7. The van der Waals surface area contributed by atoms with Crippen LogP contribution < -0.4 is 32.5 Å². The molecule has 0 unspecified atom stereocenters. The van der Waals surface area contributed by atoms with Gasteiger partial charge < -0.3 is 46.9 Å². The number of para-hydroxylation sites is 3. The monoisotopic (exact) mass is 617 g/mol. The number of nitrogens with two attached hydrogens (primary N) is 3. The van der Waals surface area contributed by atoms with Crippen molar-refractivity contribution < 1.29 is 29.7 Å². The number of hydrogen-bond acceptors (Lipinski definition) is 9. The second kappa shape index (κ2) is 13.6. The average Bonchev–Trinajstić information content (AvgIpc) is 2.69. The van der Waals surface area contributed by atoms with Gasteiger partial charge in [-0.15, -0.1) is 0 Å². The summed E-state index contributed by atoms with van der Waals surface area (Å²) in [6, 6.07) is 18.6. The Balaban J connectivity index is 0.000000429. The van der Waals surface area contributed by atoms with Gasteiger partial charge in [-0.1, -0.05) is 54.6 Å². The average molecular weight is 617 g/mol. The van der Waals surface area contributed by atoms with Gasteiger partial charge in [-0.05, 0) is 18.2 Å². The van der Waals surface area contributed by atoms with Crippen LogP contribution in [-0.4, -0.2) is 44.1 Å². The smallest absolute Gasteiger partial charge is 0.545 e. The van der Waals surface area contributed by atoms with Gasteiger partial charge in [0.1, 0.15) is 0 Å². The van der Waals surface area contributed by atoms with Crippen LogP contribution in [0.3, 0.4) is 0 Å². The molecule has 3 rings (SSSR count). The minimum absolute atomic E-state index is 0. The maximum absolute atomic E-state index is 10.2. The van der Waals surface area contributed by atoms with E-state index in [0.29, 0.717) is 0 Å². The van der Waals surface area contributed by atoms with Crippen molar-refractivity contribution in [2.45, 2.75) is 0 Å². The normalized spacial score (nSPS) is 8.90. The molecule has 31 heavy (non-hydrogen) atoms. The van der Waals surface area contributed by atoms with Gasteiger partial charge in [0, 0.05) is 33.8 Å². The van der Waals surface area contributed by atoms with Gasteiger partial charge in [0.25, 0.3) is 0 Å². The molecule has 158 valence electrons. The van der Waals surface area contributed by atoms with Crippen LogP contribution in [0, 0.1) is 0 Å². The Kier molecular flexibility index (Phi) is 12.0. The molecule has 0 aliphatic carbocycles. The molecule has 0 atom stereocenters. The van der Waals surface area contributed by atoms with E-state index in [9.17, 15) is 29.7 Å². The van der Waals surface area contributed by atoms with Crippen molar-refractivity contribution in [2.24, 2.45) is 0 Å². The topological polar surface area (TPSA) is 198 Å². The molecule has 6 N–H and O–H groups in total. The standard InChI is InChI=1S/3C7H7NO2.Bi/c3*8-6-4-2-1-3-5(6)7(9)10;/h3*1-4H,8H2,(H,9,10);/q;;;+3/p-3. The van der Waals surface area contributed by atoms with Crippen molar-refractivity contribution in [2.75, 3.05) is 17.2 Å². The molecule has 0 aliphatic rings. The zero-order valence-electron chi connectivity index (χ0n) is 16.1. The van der Waals surface area contributed by atoms with Crippen molar-refractivity contribution in [1.82, 2.24) is 0 Å². The Morgan fingerprint density at radius 2 is 0.677 bits per heavy atom. The van der Waals surface area contributed by atoms with Gasteiger partial charge in [0.15, 0.2) is 0 Å². The number of carboxylic acids is 3. The summed E-state index contributed by atoms with van der Waals surface area (Å²) < 4.78 is 0. The predicted molar refractivity (Wildman–Crippen MR) is 111 cm³/mol. The summed E-state index contributed by atoms with van der Waals surface area (Å²) >= 11 is 0. The minimum atomic E-state index is -1.24. The van der Waals surface area contributed by atoms with E-state index in [0.717, 1.165) is 0 Å². The SMILES string of the molecule is Nc1ccccc1C(=O)[O-].Nc1ccccc1C(=O)[O-].Nc1ccccc1C(=O)[O-].[Bi+3]. The van der Waals surface area contributed by atoms with Crippen molar-refractivity contribution in [3.8, 4) is 0 Å². The molecule has 0 bridgehead atoms. The molecule has 3 aromatic carbocycles. The number of carboxylic acid groups (broad SMARTS) is 3. The maximum Gasteiger partial charge on any atom is 3.00 e. The molecule has 0 amide bonds. The van der Waals surface area contributed by atoms with Crippen molar-refractivity contribution >= 4 is 61.2 Å². The predicted octanol–water partition coefficient (Wildman–Crippen LogP) is -1.48. The molecule has 0 aromatic heterocycles. The fourth-order valence-corrected chi connectivity index (χ4v) is 2.05. The molecular formula is C21H18BiN3O6. The molecule has 3 aromatic rings. The Hall–Kier alpha value is -3.65. The zero-order chi connectivity index (χ0) is 22.7. The number of hydrogen-bond donors (Lipinski definition) is 3. The quantitative estimate of drug-likeness (QED) is 0.232. The zero-order valence-corrected chi connectivity index (χ0v) is 19.5. The van der Waals surface area contributed by atoms with Gasteiger partial charge in [-0.25, -0.2) is 0 Å².